The number of rotatable bonds is 4. The number of fused-ring (bicyclic) bond motifs is 2. The zero-order chi connectivity index (χ0) is 24.0. The summed E-state index contributed by atoms with van der Waals surface area (Å²) in [5.41, 5.74) is 1.58. The van der Waals surface area contributed by atoms with E-state index in [0.717, 1.165) is 5.56 Å². The molecule has 0 amide bonds. The first kappa shape index (κ1) is 22.2. The van der Waals surface area contributed by atoms with Crippen LogP contribution in [0.4, 0.5) is 0 Å². The van der Waals surface area contributed by atoms with Gasteiger partial charge >= 0.3 is 0 Å². The third-order valence-corrected chi connectivity index (χ3v) is 6.42. The highest BCUT2D eigenvalue weighted by Gasteiger charge is 2.20. The molecule has 0 aliphatic heterocycles. The third-order valence-electron chi connectivity index (χ3n) is 5.88. The Morgan fingerprint density at radius 3 is 2.41 bits per heavy atom. The van der Waals surface area contributed by atoms with Crippen molar-refractivity contribution < 1.29 is 4.74 Å². The second-order valence-corrected chi connectivity index (χ2v) is 8.75. The van der Waals surface area contributed by atoms with E-state index >= 15 is 0 Å². The van der Waals surface area contributed by atoms with Crippen molar-refractivity contribution in [3.05, 3.63) is 103 Å². The number of ether oxygens (including phenoxy) is 1. The fraction of sp³-hybridized carbons (Fsp3) is 0.115. The molecule has 0 N–H and O–H groups in total. The van der Waals surface area contributed by atoms with Crippen molar-refractivity contribution in [2.45, 2.75) is 6.54 Å². The van der Waals surface area contributed by atoms with Crippen molar-refractivity contribution >= 4 is 45.1 Å². The van der Waals surface area contributed by atoms with Gasteiger partial charge in [-0.25, -0.2) is 4.98 Å². The fourth-order valence-electron chi connectivity index (χ4n) is 4.13. The van der Waals surface area contributed by atoms with E-state index in [1.165, 1.54) is 4.57 Å². The summed E-state index contributed by atoms with van der Waals surface area (Å²) < 4.78 is 8.48. The van der Waals surface area contributed by atoms with Crippen molar-refractivity contribution in [1.29, 1.82) is 0 Å². The molecule has 2 aromatic heterocycles. The second-order valence-electron chi connectivity index (χ2n) is 7.90. The summed E-state index contributed by atoms with van der Waals surface area (Å²) in [6.45, 7) is 0.191. The normalized spacial score (nSPS) is 11.3. The highest BCUT2D eigenvalue weighted by molar-refractivity contribution is 6.36. The number of halogens is 2. The van der Waals surface area contributed by atoms with Gasteiger partial charge in [-0.1, -0.05) is 47.5 Å². The Balaban J connectivity index is 1.87. The maximum Gasteiger partial charge on any atom is 0.267 e. The molecule has 0 atom stereocenters. The highest BCUT2D eigenvalue weighted by Crippen LogP contribution is 2.30. The minimum absolute atomic E-state index is 0.0311. The van der Waals surface area contributed by atoms with Crippen LogP contribution in [0.15, 0.2) is 76.3 Å². The Hall–Kier alpha value is -3.61. The molecular weight excluding hydrogens is 473 g/mol. The number of hydrogen-bond acceptors (Lipinski definition) is 4. The van der Waals surface area contributed by atoms with Crippen molar-refractivity contribution in [3.8, 4) is 17.1 Å². The zero-order valence-electron chi connectivity index (χ0n) is 18.4. The van der Waals surface area contributed by atoms with Gasteiger partial charge in [0.15, 0.2) is 5.65 Å². The summed E-state index contributed by atoms with van der Waals surface area (Å²) in [4.78, 5) is 32.1. The number of nitrogens with zero attached hydrogens (tertiary/aromatic N) is 3. The minimum atomic E-state index is -0.437. The summed E-state index contributed by atoms with van der Waals surface area (Å²) in [5.74, 6) is 1.05. The molecule has 6 nitrogen and oxygen atoms in total. The summed E-state index contributed by atoms with van der Waals surface area (Å²) in [6, 6.07) is 19.5. The molecule has 8 heteroatoms. The third kappa shape index (κ3) is 3.65. The van der Waals surface area contributed by atoms with Gasteiger partial charge in [0.25, 0.3) is 5.56 Å². The van der Waals surface area contributed by atoms with E-state index < -0.39 is 5.56 Å². The fourth-order valence-corrected chi connectivity index (χ4v) is 4.62. The predicted molar refractivity (Wildman–Crippen MR) is 136 cm³/mol. The Labute approximate surface area is 204 Å². The van der Waals surface area contributed by atoms with Crippen LogP contribution >= 0.6 is 23.2 Å². The van der Waals surface area contributed by atoms with Crippen LogP contribution < -0.4 is 15.7 Å². The molecule has 34 heavy (non-hydrogen) atoms. The molecule has 0 spiro atoms. The van der Waals surface area contributed by atoms with E-state index in [9.17, 15) is 9.59 Å². The van der Waals surface area contributed by atoms with E-state index in [2.05, 4.69) is 0 Å². The number of para-hydroxylation sites is 1. The van der Waals surface area contributed by atoms with E-state index in [1.807, 2.05) is 36.4 Å². The lowest BCUT2D eigenvalue weighted by atomic mass is 10.1. The highest BCUT2D eigenvalue weighted by atomic mass is 35.5. The first-order valence-corrected chi connectivity index (χ1v) is 11.2. The number of benzene rings is 3. The molecule has 5 rings (SSSR count). The van der Waals surface area contributed by atoms with Crippen LogP contribution in [0.25, 0.3) is 33.3 Å². The first-order valence-electron chi connectivity index (χ1n) is 10.5. The van der Waals surface area contributed by atoms with Gasteiger partial charge in [0.2, 0.25) is 5.43 Å². The first-order chi connectivity index (χ1) is 16.4. The lowest BCUT2D eigenvalue weighted by molar-refractivity contribution is 0.414. The molecule has 0 bridgehead atoms. The van der Waals surface area contributed by atoms with Crippen LogP contribution in [-0.2, 0) is 13.6 Å². The van der Waals surface area contributed by atoms with Gasteiger partial charge in [-0.3, -0.25) is 14.2 Å². The largest absolute Gasteiger partial charge is 0.497 e. The molecule has 3 aromatic carbocycles. The zero-order valence-corrected chi connectivity index (χ0v) is 19.9. The maximum atomic E-state index is 13.9. The average molecular weight is 492 g/mol. The Morgan fingerprint density at radius 1 is 0.971 bits per heavy atom. The van der Waals surface area contributed by atoms with Gasteiger partial charge in [-0.2, -0.15) is 0 Å². The quantitative estimate of drug-likeness (QED) is 0.321. The minimum Gasteiger partial charge on any atom is -0.497 e. The average Bonchev–Trinajstić information content (AvgIpc) is 2.84. The number of aryl methyl sites for hydroxylation is 1. The molecule has 0 fully saturated rings. The molecule has 0 unspecified atom stereocenters. The van der Waals surface area contributed by atoms with Crippen LogP contribution in [0.3, 0.4) is 0 Å². The summed E-state index contributed by atoms with van der Waals surface area (Å²) >= 11 is 12.6. The standard InChI is InChI=1S/C26H19Cl2N3O3/c1-30-21-6-4-3-5-19(21)23(32)22-25(30)29-24(18-12-9-16(27)13-20(18)28)31(26(22)33)14-15-7-10-17(34-2)11-8-15/h3-13H,14H2,1-2H3. The van der Waals surface area contributed by atoms with Gasteiger partial charge in [-0.05, 0) is 48.0 Å². The van der Waals surface area contributed by atoms with Crippen molar-refractivity contribution in [3.63, 3.8) is 0 Å². The lowest BCUT2D eigenvalue weighted by Crippen LogP contribution is -2.29. The molecule has 0 saturated heterocycles. The SMILES string of the molecule is COc1ccc(Cn2c(-c3ccc(Cl)cc3Cl)nc3c(c(=O)c4ccccc4n3C)c2=O)cc1. The van der Waals surface area contributed by atoms with Gasteiger partial charge in [-0.15, -0.1) is 0 Å². The number of pyridine rings is 1. The molecule has 5 aromatic rings. The van der Waals surface area contributed by atoms with E-state index in [-0.39, 0.29) is 17.4 Å². The number of aromatic nitrogens is 3. The number of hydrogen-bond donors (Lipinski definition) is 0. The molecule has 0 radical (unpaired) electrons. The topological polar surface area (TPSA) is 66.1 Å². The Morgan fingerprint density at radius 2 is 1.71 bits per heavy atom. The summed E-state index contributed by atoms with van der Waals surface area (Å²) in [6.07, 6.45) is 0. The Kier molecular flexibility index (Phi) is 5.63. The monoisotopic (exact) mass is 491 g/mol. The van der Waals surface area contributed by atoms with Crippen LogP contribution in [-0.4, -0.2) is 21.2 Å². The van der Waals surface area contributed by atoms with Crippen molar-refractivity contribution in [1.82, 2.24) is 14.1 Å². The van der Waals surface area contributed by atoms with Crippen LogP contribution in [0.5, 0.6) is 5.75 Å². The predicted octanol–water partition coefficient (Wildman–Crippen LogP) is 5.28. The van der Waals surface area contributed by atoms with E-state index in [4.69, 9.17) is 32.9 Å². The Bertz CT molecular complexity index is 1690. The van der Waals surface area contributed by atoms with Gasteiger partial charge in [0, 0.05) is 23.0 Å². The van der Waals surface area contributed by atoms with Gasteiger partial charge in [0.1, 0.15) is 17.0 Å². The van der Waals surface area contributed by atoms with Crippen LogP contribution in [0.1, 0.15) is 5.56 Å². The van der Waals surface area contributed by atoms with E-state index in [0.29, 0.717) is 43.7 Å². The second kappa shape index (κ2) is 8.63. The molecule has 0 aliphatic carbocycles. The van der Waals surface area contributed by atoms with Crippen LogP contribution in [0, 0.1) is 0 Å². The molecule has 0 saturated carbocycles. The summed E-state index contributed by atoms with van der Waals surface area (Å²) in [5, 5.41) is 1.32. The smallest absolute Gasteiger partial charge is 0.267 e. The molecule has 170 valence electrons. The van der Waals surface area contributed by atoms with Crippen molar-refractivity contribution in [2.24, 2.45) is 7.05 Å². The summed E-state index contributed by atoms with van der Waals surface area (Å²) in [7, 11) is 3.38. The maximum absolute atomic E-state index is 13.9. The molecule has 0 aliphatic rings. The van der Waals surface area contributed by atoms with E-state index in [1.54, 1.807) is 49.1 Å². The number of methoxy groups -OCH3 is 1. The molecule has 2 heterocycles. The molecular formula is C26H19Cl2N3O3. The van der Waals surface area contributed by atoms with Crippen LogP contribution in [0.2, 0.25) is 10.0 Å². The lowest BCUT2D eigenvalue weighted by Gasteiger charge is -2.17. The van der Waals surface area contributed by atoms with Crippen molar-refractivity contribution in [2.75, 3.05) is 7.11 Å². The van der Waals surface area contributed by atoms with Gasteiger partial charge < -0.3 is 9.30 Å². The van der Waals surface area contributed by atoms with Gasteiger partial charge in [0.05, 0.1) is 24.2 Å².